The first-order chi connectivity index (χ1) is 8.96. The molecule has 0 aliphatic carbocycles. The van der Waals surface area contributed by atoms with Crippen molar-refractivity contribution in [1.82, 2.24) is 5.32 Å². The minimum Gasteiger partial charge on any atom is -0.387 e. The van der Waals surface area contributed by atoms with Crippen LogP contribution in [0.5, 0.6) is 0 Å². The van der Waals surface area contributed by atoms with Gasteiger partial charge in [-0.2, -0.15) is 0 Å². The Morgan fingerprint density at radius 1 is 1.47 bits per heavy atom. The quantitative estimate of drug-likeness (QED) is 0.868. The topological polar surface area (TPSA) is 66.4 Å². The van der Waals surface area contributed by atoms with Crippen LogP contribution < -0.4 is 5.32 Å². The van der Waals surface area contributed by atoms with Crippen molar-refractivity contribution < 1.29 is 17.9 Å². The van der Waals surface area contributed by atoms with Crippen molar-refractivity contribution >= 4 is 9.84 Å². The van der Waals surface area contributed by atoms with Gasteiger partial charge in [-0.15, -0.1) is 0 Å². The van der Waals surface area contributed by atoms with Crippen LogP contribution in [0.15, 0.2) is 24.3 Å². The molecule has 1 fully saturated rings. The van der Waals surface area contributed by atoms with Crippen LogP contribution in [-0.2, 0) is 9.84 Å². The molecule has 1 aliphatic rings. The Morgan fingerprint density at radius 2 is 2.26 bits per heavy atom. The van der Waals surface area contributed by atoms with E-state index in [1.165, 1.54) is 12.1 Å². The van der Waals surface area contributed by atoms with Crippen LogP contribution in [0.1, 0.15) is 24.5 Å². The van der Waals surface area contributed by atoms with Gasteiger partial charge in [0.05, 0.1) is 17.6 Å². The molecular formula is C13H18FNO3S. The number of nitrogens with one attached hydrogen (secondary N) is 1. The molecule has 0 amide bonds. The van der Waals surface area contributed by atoms with Crippen molar-refractivity contribution in [3.05, 3.63) is 35.6 Å². The predicted molar refractivity (Wildman–Crippen MR) is 71.0 cm³/mol. The molecule has 0 saturated carbocycles. The Morgan fingerprint density at radius 3 is 2.95 bits per heavy atom. The number of rotatable bonds is 4. The van der Waals surface area contributed by atoms with Gasteiger partial charge in [-0.05, 0) is 30.5 Å². The summed E-state index contributed by atoms with van der Waals surface area (Å²) in [6.45, 7) is 0.226. The lowest BCUT2D eigenvalue weighted by Gasteiger charge is -2.24. The normalized spacial score (nSPS) is 24.0. The second kappa shape index (κ2) is 5.98. The summed E-state index contributed by atoms with van der Waals surface area (Å²) in [6.07, 6.45) is 0.603. The van der Waals surface area contributed by atoms with Crippen LogP contribution in [0, 0.1) is 5.82 Å². The van der Waals surface area contributed by atoms with Gasteiger partial charge in [0.2, 0.25) is 0 Å². The summed E-state index contributed by atoms with van der Waals surface area (Å²) >= 11 is 0. The molecule has 2 N–H and O–H groups in total. The Kier molecular flexibility index (Phi) is 4.54. The largest absolute Gasteiger partial charge is 0.387 e. The lowest BCUT2D eigenvalue weighted by atomic mass is 10.1. The molecule has 1 saturated heterocycles. The third kappa shape index (κ3) is 4.26. The lowest BCUT2D eigenvalue weighted by Crippen LogP contribution is -2.41. The molecule has 0 aromatic heterocycles. The molecule has 19 heavy (non-hydrogen) atoms. The summed E-state index contributed by atoms with van der Waals surface area (Å²) in [5.74, 6) is -0.0302. The van der Waals surface area contributed by atoms with Crippen molar-refractivity contribution in [3.8, 4) is 0 Å². The van der Waals surface area contributed by atoms with Gasteiger partial charge in [-0.3, -0.25) is 0 Å². The molecule has 4 nitrogen and oxygen atoms in total. The van der Waals surface area contributed by atoms with E-state index in [0.717, 1.165) is 6.42 Å². The molecule has 1 heterocycles. The number of hydrogen-bond acceptors (Lipinski definition) is 4. The maximum absolute atomic E-state index is 13.0. The first-order valence-corrected chi connectivity index (χ1v) is 8.16. The highest BCUT2D eigenvalue weighted by molar-refractivity contribution is 7.91. The van der Waals surface area contributed by atoms with Gasteiger partial charge >= 0.3 is 0 Å². The maximum Gasteiger partial charge on any atom is 0.151 e. The number of benzene rings is 1. The molecule has 0 spiro atoms. The van der Waals surface area contributed by atoms with Crippen molar-refractivity contribution in [2.75, 3.05) is 18.1 Å². The molecule has 0 radical (unpaired) electrons. The highest BCUT2D eigenvalue weighted by Gasteiger charge is 2.24. The fourth-order valence-corrected chi connectivity index (χ4v) is 3.96. The first kappa shape index (κ1) is 14.4. The second-order valence-electron chi connectivity index (χ2n) is 4.93. The summed E-state index contributed by atoms with van der Waals surface area (Å²) in [5.41, 5.74) is 0.492. The number of halogens is 1. The zero-order valence-electron chi connectivity index (χ0n) is 10.5. The molecular weight excluding hydrogens is 269 g/mol. The standard InChI is InChI=1S/C13H18FNO3S/c14-11-4-1-3-10(7-11)13(16)8-15-12-5-2-6-19(17,18)9-12/h1,3-4,7,12-13,15-16H,2,5-6,8-9H2. The van der Waals surface area contributed by atoms with Crippen LogP contribution in [-0.4, -0.2) is 37.6 Å². The van der Waals surface area contributed by atoms with Crippen LogP contribution in [0.25, 0.3) is 0 Å². The van der Waals surface area contributed by atoms with Gasteiger partial charge in [0.1, 0.15) is 5.82 Å². The zero-order valence-corrected chi connectivity index (χ0v) is 11.4. The monoisotopic (exact) mass is 287 g/mol. The first-order valence-electron chi connectivity index (χ1n) is 6.33. The zero-order chi connectivity index (χ0) is 13.9. The number of hydrogen-bond donors (Lipinski definition) is 2. The van der Waals surface area contributed by atoms with Crippen LogP contribution in [0.2, 0.25) is 0 Å². The van der Waals surface area contributed by atoms with Gasteiger partial charge in [0, 0.05) is 12.6 Å². The van der Waals surface area contributed by atoms with E-state index >= 15 is 0 Å². The summed E-state index contributed by atoms with van der Waals surface area (Å²) < 4.78 is 35.9. The third-order valence-electron chi connectivity index (χ3n) is 3.30. The molecule has 2 atom stereocenters. The highest BCUT2D eigenvalue weighted by atomic mass is 32.2. The summed E-state index contributed by atoms with van der Waals surface area (Å²) in [5, 5.41) is 13.0. The number of aliphatic hydroxyl groups is 1. The van der Waals surface area contributed by atoms with Crippen LogP contribution >= 0.6 is 0 Å². The Hall–Kier alpha value is -0.980. The Balaban J connectivity index is 1.88. The molecule has 1 aromatic carbocycles. The van der Waals surface area contributed by atoms with E-state index in [1.54, 1.807) is 12.1 Å². The minimum atomic E-state index is -2.96. The molecule has 0 bridgehead atoms. The molecule has 1 aromatic rings. The highest BCUT2D eigenvalue weighted by Crippen LogP contribution is 2.16. The van der Waals surface area contributed by atoms with E-state index in [0.29, 0.717) is 12.0 Å². The molecule has 1 aliphatic heterocycles. The van der Waals surface area contributed by atoms with Crippen molar-refractivity contribution in [3.63, 3.8) is 0 Å². The Labute approximate surface area is 112 Å². The molecule has 106 valence electrons. The van der Waals surface area contributed by atoms with Crippen molar-refractivity contribution in [2.24, 2.45) is 0 Å². The summed E-state index contributed by atoms with van der Waals surface area (Å²) in [4.78, 5) is 0. The summed E-state index contributed by atoms with van der Waals surface area (Å²) in [7, 11) is -2.96. The van der Waals surface area contributed by atoms with E-state index in [4.69, 9.17) is 0 Å². The number of aliphatic hydroxyl groups excluding tert-OH is 1. The van der Waals surface area contributed by atoms with E-state index in [2.05, 4.69) is 5.32 Å². The third-order valence-corrected chi connectivity index (χ3v) is 5.12. The average molecular weight is 287 g/mol. The van der Waals surface area contributed by atoms with E-state index in [9.17, 15) is 17.9 Å². The smallest absolute Gasteiger partial charge is 0.151 e. The molecule has 6 heteroatoms. The van der Waals surface area contributed by atoms with Crippen molar-refractivity contribution in [1.29, 1.82) is 0 Å². The second-order valence-corrected chi connectivity index (χ2v) is 7.16. The lowest BCUT2D eigenvalue weighted by molar-refractivity contribution is 0.169. The minimum absolute atomic E-state index is 0.114. The fourth-order valence-electron chi connectivity index (χ4n) is 2.29. The van der Waals surface area contributed by atoms with Gasteiger partial charge in [-0.25, -0.2) is 12.8 Å². The van der Waals surface area contributed by atoms with Crippen LogP contribution in [0.3, 0.4) is 0 Å². The van der Waals surface area contributed by atoms with Gasteiger partial charge in [0.25, 0.3) is 0 Å². The average Bonchev–Trinajstić information content (AvgIpc) is 2.35. The van der Waals surface area contributed by atoms with Crippen LogP contribution in [0.4, 0.5) is 4.39 Å². The van der Waals surface area contributed by atoms with Gasteiger partial charge < -0.3 is 10.4 Å². The maximum atomic E-state index is 13.0. The summed E-state index contributed by atoms with van der Waals surface area (Å²) in [6, 6.07) is 5.66. The predicted octanol–water partition coefficient (Wildman–Crippen LogP) is 1.03. The van der Waals surface area contributed by atoms with E-state index in [-0.39, 0.29) is 24.1 Å². The van der Waals surface area contributed by atoms with E-state index in [1.807, 2.05) is 0 Å². The van der Waals surface area contributed by atoms with Gasteiger partial charge in [0.15, 0.2) is 9.84 Å². The molecule has 2 unspecified atom stereocenters. The Bertz CT molecular complexity index is 532. The SMILES string of the molecule is O=S1(=O)CCCC(NCC(O)c2cccc(F)c2)C1. The fraction of sp³-hybridized carbons (Fsp3) is 0.538. The van der Waals surface area contributed by atoms with E-state index < -0.39 is 21.8 Å². The van der Waals surface area contributed by atoms with Gasteiger partial charge in [-0.1, -0.05) is 12.1 Å². The molecule has 2 rings (SSSR count). The van der Waals surface area contributed by atoms with Crippen molar-refractivity contribution in [2.45, 2.75) is 25.0 Å². The number of sulfone groups is 1.